The molecule has 0 aromatic carbocycles. The zero-order chi connectivity index (χ0) is 13.9. The van der Waals surface area contributed by atoms with Crippen molar-refractivity contribution in [3.8, 4) is 6.07 Å². The molecule has 1 N–H and O–H groups in total. The molecule has 0 saturated heterocycles. The molecule has 1 fully saturated rings. The number of nitrogens with one attached hydrogen (secondary N) is 1. The van der Waals surface area contributed by atoms with Gasteiger partial charge in [0.2, 0.25) is 5.76 Å². The molecule has 1 aromatic rings. The Morgan fingerprint density at radius 3 is 2.68 bits per heavy atom. The maximum Gasteiger partial charge on any atom is 0.393 e. The summed E-state index contributed by atoms with van der Waals surface area (Å²) in [6.45, 7) is 0.221. The number of halogens is 3. The highest BCUT2D eigenvalue weighted by molar-refractivity contribution is 5.19. The van der Waals surface area contributed by atoms with Crippen molar-refractivity contribution >= 4 is 0 Å². The summed E-state index contributed by atoms with van der Waals surface area (Å²) in [5.41, 5.74) is 0. The molecule has 0 spiro atoms. The molecule has 6 heteroatoms. The van der Waals surface area contributed by atoms with Crippen LogP contribution in [0.2, 0.25) is 0 Å². The molecular formula is C13H15F3N2O. The SMILES string of the molecule is N#Cc1ccc(CNC2CCCCC2C(F)(F)F)o1. The summed E-state index contributed by atoms with van der Waals surface area (Å²) in [7, 11) is 0. The second kappa shape index (κ2) is 5.66. The van der Waals surface area contributed by atoms with Crippen molar-refractivity contribution in [1.82, 2.24) is 5.32 Å². The van der Waals surface area contributed by atoms with Crippen molar-refractivity contribution in [3.63, 3.8) is 0 Å². The largest absolute Gasteiger partial charge is 0.449 e. The molecule has 2 atom stereocenters. The van der Waals surface area contributed by atoms with Crippen LogP contribution in [0.3, 0.4) is 0 Å². The van der Waals surface area contributed by atoms with Gasteiger partial charge in [0.05, 0.1) is 12.5 Å². The molecule has 1 heterocycles. The molecule has 3 nitrogen and oxygen atoms in total. The minimum atomic E-state index is -4.15. The zero-order valence-electron chi connectivity index (χ0n) is 10.3. The van der Waals surface area contributed by atoms with Gasteiger partial charge in [0.25, 0.3) is 0 Å². The predicted octanol–water partition coefficient (Wildman–Crippen LogP) is 3.36. The van der Waals surface area contributed by atoms with Gasteiger partial charge in [-0.3, -0.25) is 0 Å². The van der Waals surface area contributed by atoms with Crippen molar-refractivity contribution in [2.45, 2.75) is 44.4 Å². The highest BCUT2D eigenvalue weighted by Crippen LogP contribution is 2.37. The third-order valence-electron chi connectivity index (χ3n) is 3.50. The van der Waals surface area contributed by atoms with E-state index in [9.17, 15) is 13.2 Å². The number of furan rings is 1. The zero-order valence-corrected chi connectivity index (χ0v) is 10.3. The van der Waals surface area contributed by atoms with Gasteiger partial charge in [0.15, 0.2) is 0 Å². The lowest BCUT2D eigenvalue weighted by atomic mass is 9.84. The van der Waals surface area contributed by atoms with E-state index in [0.717, 1.165) is 6.42 Å². The summed E-state index contributed by atoms with van der Waals surface area (Å²) in [6.07, 6.45) is -2.01. The van der Waals surface area contributed by atoms with Gasteiger partial charge in [-0.25, -0.2) is 0 Å². The maximum atomic E-state index is 12.9. The van der Waals surface area contributed by atoms with Gasteiger partial charge in [-0.2, -0.15) is 18.4 Å². The first kappa shape index (κ1) is 13.9. The molecule has 0 amide bonds. The lowest BCUT2D eigenvalue weighted by molar-refractivity contribution is -0.189. The number of nitrogens with zero attached hydrogens (tertiary/aromatic N) is 1. The summed E-state index contributed by atoms with van der Waals surface area (Å²) in [5, 5.41) is 11.5. The van der Waals surface area contributed by atoms with E-state index in [2.05, 4.69) is 5.32 Å². The first-order valence-electron chi connectivity index (χ1n) is 6.29. The number of rotatable bonds is 3. The quantitative estimate of drug-likeness (QED) is 0.917. The fourth-order valence-corrected chi connectivity index (χ4v) is 2.53. The van der Waals surface area contributed by atoms with E-state index in [1.165, 1.54) is 6.07 Å². The van der Waals surface area contributed by atoms with Crippen molar-refractivity contribution < 1.29 is 17.6 Å². The minimum absolute atomic E-state index is 0.174. The van der Waals surface area contributed by atoms with Gasteiger partial charge in [-0.1, -0.05) is 12.8 Å². The van der Waals surface area contributed by atoms with E-state index in [0.29, 0.717) is 18.6 Å². The van der Waals surface area contributed by atoms with Gasteiger partial charge in [0.1, 0.15) is 11.8 Å². The Labute approximate surface area is 109 Å². The number of hydrogen-bond donors (Lipinski definition) is 1. The Kier molecular flexibility index (Phi) is 4.15. The van der Waals surface area contributed by atoms with Crippen molar-refractivity contribution in [2.24, 2.45) is 5.92 Å². The highest BCUT2D eigenvalue weighted by Gasteiger charge is 2.45. The Balaban J connectivity index is 1.95. The smallest absolute Gasteiger partial charge is 0.393 e. The molecule has 1 aliphatic carbocycles. The molecule has 19 heavy (non-hydrogen) atoms. The predicted molar refractivity (Wildman–Crippen MR) is 62.1 cm³/mol. The standard InChI is InChI=1S/C13H15F3N2O/c14-13(15,16)11-3-1-2-4-12(11)18-8-10-6-5-9(7-17)19-10/h5-6,11-12,18H,1-4,8H2. The second-order valence-corrected chi connectivity index (χ2v) is 4.80. The van der Waals surface area contributed by atoms with Crippen LogP contribution in [0.1, 0.15) is 37.2 Å². The second-order valence-electron chi connectivity index (χ2n) is 4.80. The van der Waals surface area contributed by atoms with E-state index >= 15 is 0 Å². The fourth-order valence-electron chi connectivity index (χ4n) is 2.53. The van der Waals surface area contributed by atoms with Crippen LogP contribution in [-0.4, -0.2) is 12.2 Å². The van der Waals surface area contributed by atoms with Crippen molar-refractivity contribution in [1.29, 1.82) is 5.26 Å². The Hall–Kier alpha value is -1.48. The summed E-state index contributed by atoms with van der Waals surface area (Å²) in [4.78, 5) is 0. The number of alkyl halides is 3. The molecular weight excluding hydrogens is 257 g/mol. The van der Waals surface area contributed by atoms with Gasteiger partial charge < -0.3 is 9.73 Å². The minimum Gasteiger partial charge on any atom is -0.449 e. The topological polar surface area (TPSA) is 49.0 Å². The molecule has 2 unspecified atom stereocenters. The lowest BCUT2D eigenvalue weighted by Crippen LogP contribution is -2.45. The van der Waals surface area contributed by atoms with Crippen LogP contribution in [0.4, 0.5) is 13.2 Å². The normalized spacial score (nSPS) is 24.1. The maximum absolute atomic E-state index is 12.9. The molecule has 2 rings (SSSR count). The van der Waals surface area contributed by atoms with Crippen LogP contribution < -0.4 is 5.32 Å². The lowest BCUT2D eigenvalue weighted by Gasteiger charge is -2.33. The van der Waals surface area contributed by atoms with E-state index in [1.54, 1.807) is 6.07 Å². The summed E-state index contributed by atoms with van der Waals surface area (Å²) >= 11 is 0. The third kappa shape index (κ3) is 3.51. The monoisotopic (exact) mass is 272 g/mol. The van der Waals surface area contributed by atoms with Crippen LogP contribution in [0.25, 0.3) is 0 Å². The van der Waals surface area contributed by atoms with Crippen LogP contribution >= 0.6 is 0 Å². The van der Waals surface area contributed by atoms with Crippen LogP contribution in [0.5, 0.6) is 0 Å². The third-order valence-corrected chi connectivity index (χ3v) is 3.50. The van der Waals surface area contributed by atoms with Crippen molar-refractivity contribution in [3.05, 3.63) is 23.7 Å². The highest BCUT2D eigenvalue weighted by atomic mass is 19.4. The van der Waals surface area contributed by atoms with Crippen LogP contribution in [0, 0.1) is 17.2 Å². The molecule has 1 saturated carbocycles. The first-order valence-corrected chi connectivity index (χ1v) is 6.29. The summed E-state index contributed by atoms with van der Waals surface area (Å²) in [5.74, 6) is -0.623. The van der Waals surface area contributed by atoms with Crippen LogP contribution in [-0.2, 0) is 6.54 Å². The van der Waals surface area contributed by atoms with Gasteiger partial charge in [-0.15, -0.1) is 0 Å². The molecule has 1 aromatic heterocycles. The van der Waals surface area contributed by atoms with E-state index in [-0.39, 0.29) is 18.7 Å². The van der Waals surface area contributed by atoms with Gasteiger partial charge in [-0.05, 0) is 25.0 Å². The van der Waals surface area contributed by atoms with E-state index in [4.69, 9.17) is 9.68 Å². The molecule has 0 aliphatic heterocycles. The average Bonchev–Trinajstić information content (AvgIpc) is 2.83. The summed E-state index contributed by atoms with van der Waals surface area (Å²) < 4.78 is 43.7. The average molecular weight is 272 g/mol. The van der Waals surface area contributed by atoms with Crippen molar-refractivity contribution in [2.75, 3.05) is 0 Å². The van der Waals surface area contributed by atoms with Crippen LogP contribution in [0.15, 0.2) is 16.5 Å². The van der Waals surface area contributed by atoms with E-state index in [1.807, 2.05) is 6.07 Å². The number of nitriles is 1. The Bertz CT molecular complexity index is 461. The fraction of sp³-hybridized carbons (Fsp3) is 0.615. The molecule has 0 radical (unpaired) electrons. The Morgan fingerprint density at radius 2 is 2.05 bits per heavy atom. The van der Waals surface area contributed by atoms with Gasteiger partial charge in [0, 0.05) is 6.04 Å². The number of hydrogen-bond acceptors (Lipinski definition) is 3. The first-order chi connectivity index (χ1) is 9.00. The molecule has 1 aliphatic rings. The van der Waals surface area contributed by atoms with E-state index < -0.39 is 18.1 Å². The van der Waals surface area contributed by atoms with Gasteiger partial charge >= 0.3 is 6.18 Å². The molecule has 0 bridgehead atoms. The Morgan fingerprint density at radius 1 is 1.32 bits per heavy atom. The molecule has 104 valence electrons. The summed E-state index contributed by atoms with van der Waals surface area (Å²) in [6, 6.07) is 4.40.